The first-order valence-electron chi connectivity index (χ1n) is 18.7. The van der Waals surface area contributed by atoms with Crippen molar-refractivity contribution < 1.29 is 53.6 Å². The van der Waals surface area contributed by atoms with Crippen LogP contribution in [0.25, 0.3) is 0 Å². The molecule has 0 aromatic rings. The lowest BCUT2D eigenvalue weighted by Crippen LogP contribution is -2.31. The number of rotatable bonds is 37. The Balaban J connectivity index is 3.69. The van der Waals surface area contributed by atoms with Crippen LogP contribution < -0.4 is 16.4 Å². The lowest BCUT2D eigenvalue weighted by Gasteiger charge is -2.12. The summed E-state index contributed by atoms with van der Waals surface area (Å²) in [5, 5.41) is 32.2. The van der Waals surface area contributed by atoms with Crippen LogP contribution in [0.2, 0.25) is 0 Å². The monoisotopic (exact) mass is 715 g/mol. The highest BCUT2D eigenvalue weighted by Crippen LogP contribution is 2.17. The molecule has 0 aliphatic heterocycles. The molecule has 7 N–H and O–H groups in total. The number of carbonyl (C=O) groups excluding carboxylic acids is 3. The molecule has 0 saturated heterocycles. The number of ketones is 1. The Morgan fingerprint density at radius 2 is 1.04 bits per heavy atom. The zero-order valence-corrected chi connectivity index (χ0v) is 30.1. The predicted octanol–water partition coefficient (Wildman–Crippen LogP) is 4.60. The van der Waals surface area contributed by atoms with Gasteiger partial charge in [0.05, 0.1) is 25.7 Å². The molecule has 0 aliphatic rings. The number of nitrogens with two attached hydrogens (primary N) is 1. The second-order valence-electron chi connectivity index (χ2n) is 13.0. The van der Waals surface area contributed by atoms with Crippen molar-refractivity contribution in [1.29, 1.82) is 0 Å². The number of carbonyl (C=O) groups is 6. The Bertz CT molecular complexity index is 948. The zero-order chi connectivity index (χ0) is 37.2. The molecule has 14 heteroatoms. The van der Waals surface area contributed by atoms with E-state index in [1.165, 1.54) is 44.9 Å². The number of ether oxygens (including phenoxy) is 2. The molecule has 290 valence electrons. The Labute approximate surface area is 298 Å². The summed E-state index contributed by atoms with van der Waals surface area (Å²) in [7, 11) is 0. The van der Waals surface area contributed by atoms with E-state index in [1.807, 2.05) is 0 Å². The summed E-state index contributed by atoms with van der Waals surface area (Å²) in [5.41, 5.74) is 5.42. The highest BCUT2D eigenvalue weighted by atomic mass is 16.5. The molecule has 50 heavy (non-hydrogen) atoms. The third-order valence-electron chi connectivity index (χ3n) is 8.39. The number of hydrogen-bond donors (Lipinski definition) is 6. The van der Waals surface area contributed by atoms with Gasteiger partial charge in [0.15, 0.2) is 0 Å². The number of hydrogen-bond acceptors (Lipinski definition) is 9. The van der Waals surface area contributed by atoms with Gasteiger partial charge in [0.25, 0.3) is 0 Å². The largest absolute Gasteiger partial charge is 0.481 e. The number of nitrogens with one attached hydrogen (secondary N) is 2. The van der Waals surface area contributed by atoms with E-state index in [2.05, 4.69) is 10.6 Å². The van der Waals surface area contributed by atoms with Gasteiger partial charge in [-0.2, -0.15) is 0 Å². The van der Waals surface area contributed by atoms with Gasteiger partial charge in [-0.25, -0.2) is 0 Å². The molecule has 0 fully saturated rings. The summed E-state index contributed by atoms with van der Waals surface area (Å²) in [6.07, 6.45) is 17.5. The minimum absolute atomic E-state index is 0.00340. The molecule has 0 radical (unpaired) electrons. The van der Waals surface area contributed by atoms with Gasteiger partial charge in [-0.15, -0.1) is 0 Å². The van der Waals surface area contributed by atoms with Crippen LogP contribution in [0, 0.1) is 5.92 Å². The van der Waals surface area contributed by atoms with Crippen molar-refractivity contribution in [2.24, 2.45) is 11.7 Å². The van der Waals surface area contributed by atoms with Gasteiger partial charge in [-0.3, -0.25) is 28.8 Å². The van der Waals surface area contributed by atoms with E-state index >= 15 is 0 Å². The van der Waals surface area contributed by atoms with Crippen LogP contribution >= 0.6 is 0 Å². The highest BCUT2D eigenvalue weighted by molar-refractivity contribution is 5.84. The summed E-state index contributed by atoms with van der Waals surface area (Å²) in [5.74, 6) is -4.38. The first-order chi connectivity index (χ1) is 24.0. The van der Waals surface area contributed by atoms with Gasteiger partial charge < -0.3 is 41.2 Å². The first kappa shape index (κ1) is 46.9. The van der Waals surface area contributed by atoms with Crippen LogP contribution in [0.3, 0.4) is 0 Å². The maximum Gasteiger partial charge on any atom is 0.320 e. The number of aliphatic carboxylic acids is 3. The molecule has 0 saturated carbocycles. The third kappa shape index (κ3) is 32.1. The van der Waals surface area contributed by atoms with Crippen LogP contribution in [-0.4, -0.2) is 96.4 Å². The standard InChI is InChI=1S/C36H65N3O11/c37-31(36(47)48)18-15-16-22-38-33(42)28-50-26-25-49-24-23-39-32(41)21-20-29(35(45)46)27-30(40)17-13-11-9-7-5-3-1-2-4-6-8-10-12-14-19-34(43)44/h29,31H,1-28,37H2,(H,38,42)(H,39,41)(H,43,44)(H,45,46)(H,47,48)/t29-,31+/m1/s1. The Morgan fingerprint density at radius 1 is 0.520 bits per heavy atom. The van der Waals surface area contributed by atoms with Crippen LogP contribution in [0.5, 0.6) is 0 Å². The van der Waals surface area contributed by atoms with Gasteiger partial charge in [0, 0.05) is 38.8 Å². The number of carboxylic acid groups (broad SMARTS) is 3. The second-order valence-corrected chi connectivity index (χ2v) is 13.0. The van der Waals surface area contributed by atoms with Gasteiger partial charge in [-0.05, 0) is 38.5 Å². The molecule has 0 unspecified atom stereocenters. The summed E-state index contributed by atoms with van der Waals surface area (Å²) in [4.78, 5) is 69.0. The molecular weight excluding hydrogens is 650 g/mol. The average Bonchev–Trinajstić information content (AvgIpc) is 3.06. The molecular formula is C36H65N3O11. The van der Waals surface area contributed by atoms with Gasteiger partial charge >= 0.3 is 17.9 Å². The fourth-order valence-electron chi connectivity index (χ4n) is 5.34. The summed E-state index contributed by atoms with van der Waals surface area (Å²) >= 11 is 0. The van der Waals surface area contributed by atoms with Crippen molar-refractivity contribution in [1.82, 2.24) is 10.6 Å². The SMILES string of the molecule is N[C@@H](CCCCNC(=O)COCCOCCNC(=O)CC[C@H](CC(=O)CCCCCCCCCCCCCCCCC(=O)O)C(=O)O)C(=O)O. The number of amides is 2. The topological polar surface area (TPSA) is 232 Å². The molecule has 0 spiro atoms. The fraction of sp³-hybridized carbons (Fsp3) is 0.833. The number of Topliss-reactive ketones (excluding diaryl/α,β-unsaturated/α-hetero) is 1. The second kappa shape index (κ2) is 33.1. The lowest BCUT2D eigenvalue weighted by atomic mass is 9.94. The third-order valence-corrected chi connectivity index (χ3v) is 8.39. The number of unbranched alkanes of at least 4 members (excludes halogenated alkanes) is 14. The smallest absolute Gasteiger partial charge is 0.320 e. The molecule has 0 rings (SSSR count). The number of carboxylic acids is 3. The lowest BCUT2D eigenvalue weighted by molar-refractivity contribution is -0.144. The normalized spacial score (nSPS) is 12.3. The summed E-state index contributed by atoms with van der Waals surface area (Å²) in [6.45, 7) is 1.14. The summed E-state index contributed by atoms with van der Waals surface area (Å²) < 4.78 is 10.6. The van der Waals surface area contributed by atoms with Crippen LogP contribution in [0.1, 0.15) is 141 Å². The molecule has 2 amide bonds. The molecule has 0 aromatic carbocycles. The minimum Gasteiger partial charge on any atom is -0.481 e. The fourth-order valence-corrected chi connectivity index (χ4v) is 5.34. The van der Waals surface area contributed by atoms with E-state index in [1.54, 1.807) is 0 Å². The van der Waals surface area contributed by atoms with Crippen molar-refractivity contribution in [3.63, 3.8) is 0 Å². The van der Waals surface area contributed by atoms with Crippen molar-refractivity contribution in [2.75, 3.05) is 39.5 Å². The molecule has 0 heterocycles. The van der Waals surface area contributed by atoms with E-state index < -0.39 is 29.9 Å². The van der Waals surface area contributed by atoms with E-state index in [9.17, 15) is 33.9 Å². The van der Waals surface area contributed by atoms with Gasteiger partial charge in [0.1, 0.15) is 18.4 Å². The zero-order valence-electron chi connectivity index (χ0n) is 30.1. The van der Waals surface area contributed by atoms with E-state index in [4.69, 9.17) is 25.4 Å². The van der Waals surface area contributed by atoms with E-state index in [-0.39, 0.29) is 76.3 Å². The van der Waals surface area contributed by atoms with Gasteiger partial charge in [-0.1, -0.05) is 77.0 Å². The molecule has 0 aliphatic carbocycles. The summed E-state index contributed by atoms with van der Waals surface area (Å²) in [6, 6.07) is -0.894. The van der Waals surface area contributed by atoms with Crippen molar-refractivity contribution in [2.45, 2.75) is 147 Å². The molecule has 0 bridgehead atoms. The van der Waals surface area contributed by atoms with E-state index in [0.29, 0.717) is 32.2 Å². The quantitative estimate of drug-likeness (QED) is 0.0485. The Kier molecular flexibility index (Phi) is 31.0. The first-order valence-corrected chi connectivity index (χ1v) is 18.7. The van der Waals surface area contributed by atoms with Crippen LogP contribution in [-0.2, 0) is 38.2 Å². The van der Waals surface area contributed by atoms with Crippen molar-refractivity contribution in [3.8, 4) is 0 Å². The maximum atomic E-state index is 12.4. The van der Waals surface area contributed by atoms with Crippen molar-refractivity contribution in [3.05, 3.63) is 0 Å². The predicted molar refractivity (Wildman–Crippen MR) is 189 cm³/mol. The van der Waals surface area contributed by atoms with E-state index in [0.717, 1.165) is 44.9 Å². The molecule has 2 atom stereocenters. The minimum atomic E-state index is -1.07. The van der Waals surface area contributed by atoms with Crippen molar-refractivity contribution >= 4 is 35.5 Å². The average molecular weight is 716 g/mol. The van der Waals surface area contributed by atoms with Crippen LogP contribution in [0.4, 0.5) is 0 Å². The Morgan fingerprint density at radius 3 is 1.58 bits per heavy atom. The Hall–Kier alpha value is -3.10. The molecule has 0 aromatic heterocycles. The highest BCUT2D eigenvalue weighted by Gasteiger charge is 2.22. The molecule has 14 nitrogen and oxygen atoms in total. The maximum absolute atomic E-state index is 12.4. The van der Waals surface area contributed by atoms with Crippen LogP contribution in [0.15, 0.2) is 0 Å². The van der Waals surface area contributed by atoms with Gasteiger partial charge in [0.2, 0.25) is 11.8 Å².